The van der Waals surface area contributed by atoms with Gasteiger partial charge in [0.15, 0.2) is 17.4 Å². The van der Waals surface area contributed by atoms with Gasteiger partial charge in [0.25, 0.3) is 5.56 Å². The van der Waals surface area contributed by atoms with Gasteiger partial charge in [-0.3, -0.25) is 19.0 Å². The number of ketones is 2. The average molecular weight is 488 g/mol. The Morgan fingerprint density at radius 2 is 1.94 bits per heavy atom. The number of para-hydroxylation sites is 1. The number of nitrogens with one attached hydrogen (secondary N) is 1. The topological polar surface area (TPSA) is 118 Å². The average Bonchev–Trinajstić information content (AvgIpc) is 3.56. The van der Waals surface area contributed by atoms with Crippen molar-refractivity contribution in [1.29, 1.82) is 0 Å². The first-order chi connectivity index (χ1) is 16.9. The first-order valence-corrected chi connectivity index (χ1v) is 11.3. The molecule has 0 aliphatic carbocycles. The molecule has 35 heavy (non-hydrogen) atoms. The van der Waals surface area contributed by atoms with E-state index in [0.717, 1.165) is 0 Å². The molecule has 11 heteroatoms. The number of Topliss-reactive ketones (excluding diaryl/α,β-unsaturated/α-hetero) is 2. The molecule has 1 atom stereocenters. The van der Waals surface area contributed by atoms with Crippen molar-refractivity contribution < 1.29 is 9.59 Å². The van der Waals surface area contributed by atoms with E-state index < -0.39 is 6.04 Å². The number of benzene rings is 1. The summed E-state index contributed by atoms with van der Waals surface area (Å²) in [5.41, 5.74) is 1.39. The minimum absolute atomic E-state index is 0.0406. The van der Waals surface area contributed by atoms with Crippen LogP contribution in [0.1, 0.15) is 35.6 Å². The van der Waals surface area contributed by atoms with Gasteiger partial charge in [-0.25, -0.2) is 14.5 Å². The number of nitrogens with zero attached hydrogens (tertiary/aromatic N) is 6. The summed E-state index contributed by atoms with van der Waals surface area (Å²) in [5.74, 6) is 0.591. The Kier molecular flexibility index (Phi) is 4.78. The number of aromatic amines is 1. The van der Waals surface area contributed by atoms with Gasteiger partial charge in [0.2, 0.25) is 0 Å². The summed E-state index contributed by atoms with van der Waals surface area (Å²) >= 11 is 6.31. The third-order valence-corrected chi connectivity index (χ3v) is 6.52. The summed E-state index contributed by atoms with van der Waals surface area (Å²) in [7, 11) is 0. The number of H-pyrrole nitrogens is 1. The quantitative estimate of drug-likeness (QED) is 0.387. The summed E-state index contributed by atoms with van der Waals surface area (Å²) in [6, 6.07) is 10.1. The van der Waals surface area contributed by atoms with Gasteiger partial charge in [-0.1, -0.05) is 29.8 Å². The Balaban J connectivity index is 1.62. The molecule has 0 amide bonds. The Bertz CT molecular complexity index is 1700. The molecule has 6 rings (SSSR count). The fourth-order valence-corrected chi connectivity index (χ4v) is 4.90. The van der Waals surface area contributed by atoms with Crippen LogP contribution in [0.25, 0.3) is 22.2 Å². The number of anilines is 1. The maximum Gasteiger partial charge on any atom is 0.284 e. The molecule has 1 N–H and O–H groups in total. The molecule has 1 aliphatic heterocycles. The zero-order valence-electron chi connectivity index (χ0n) is 18.5. The maximum atomic E-state index is 13.7. The lowest BCUT2D eigenvalue weighted by atomic mass is 10.1. The number of hydrogen-bond acceptors (Lipinski definition) is 7. The van der Waals surface area contributed by atoms with Gasteiger partial charge in [0.1, 0.15) is 23.3 Å². The normalized spacial score (nSPS) is 16.0. The molecule has 5 aromatic rings. The van der Waals surface area contributed by atoms with Crippen LogP contribution in [0.2, 0.25) is 5.02 Å². The van der Waals surface area contributed by atoms with Crippen molar-refractivity contribution in [2.45, 2.75) is 19.4 Å². The van der Waals surface area contributed by atoms with Gasteiger partial charge >= 0.3 is 0 Å². The van der Waals surface area contributed by atoms with Crippen molar-refractivity contribution >= 4 is 45.5 Å². The van der Waals surface area contributed by atoms with E-state index in [4.69, 9.17) is 16.7 Å². The van der Waals surface area contributed by atoms with E-state index in [0.29, 0.717) is 33.9 Å². The van der Waals surface area contributed by atoms with E-state index in [1.807, 2.05) is 18.2 Å². The van der Waals surface area contributed by atoms with Crippen molar-refractivity contribution in [3.05, 3.63) is 81.9 Å². The van der Waals surface area contributed by atoms with Crippen LogP contribution in [-0.4, -0.2) is 47.2 Å². The van der Waals surface area contributed by atoms with E-state index in [1.165, 1.54) is 22.3 Å². The molecule has 1 aliphatic rings. The summed E-state index contributed by atoms with van der Waals surface area (Å²) in [4.78, 5) is 52.2. The minimum atomic E-state index is -0.617. The summed E-state index contributed by atoms with van der Waals surface area (Å²) < 4.78 is 2.92. The van der Waals surface area contributed by atoms with Crippen molar-refractivity contribution in [2.24, 2.45) is 0 Å². The number of aromatic nitrogens is 6. The molecule has 4 aromatic heterocycles. The highest BCUT2D eigenvalue weighted by atomic mass is 35.5. The molecule has 0 unspecified atom stereocenters. The van der Waals surface area contributed by atoms with Crippen molar-refractivity contribution in [1.82, 2.24) is 29.1 Å². The number of fused-ring (bicyclic) bond motifs is 2. The first-order valence-electron chi connectivity index (χ1n) is 10.9. The number of hydrogen-bond donors (Lipinski definition) is 1. The Labute approximate surface area is 202 Å². The molecule has 0 bridgehead atoms. The number of carbonyl (C=O) groups is 2. The molecular weight excluding hydrogens is 470 g/mol. The lowest BCUT2D eigenvalue weighted by Gasteiger charge is -2.27. The minimum Gasteiger partial charge on any atom is -0.345 e. The van der Waals surface area contributed by atoms with Gasteiger partial charge in [0, 0.05) is 24.4 Å². The van der Waals surface area contributed by atoms with Crippen LogP contribution in [0.4, 0.5) is 5.82 Å². The number of rotatable bonds is 4. The highest BCUT2D eigenvalue weighted by molar-refractivity contribution is 6.33. The predicted octanol–water partition coefficient (Wildman–Crippen LogP) is 3.13. The molecule has 10 nitrogen and oxygen atoms in total. The lowest BCUT2D eigenvalue weighted by molar-refractivity contribution is -0.116. The summed E-state index contributed by atoms with van der Waals surface area (Å²) in [6.45, 7) is 1.51. The van der Waals surface area contributed by atoms with Gasteiger partial charge in [-0.15, -0.1) is 0 Å². The molecule has 174 valence electrons. The Hall–Kier alpha value is -4.31. The Morgan fingerprint density at radius 1 is 1.14 bits per heavy atom. The van der Waals surface area contributed by atoms with Crippen molar-refractivity contribution in [3.8, 4) is 5.69 Å². The van der Waals surface area contributed by atoms with E-state index in [1.54, 1.807) is 35.5 Å². The third-order valence-electron chi connectivity index (χ3n) is 6.22. The molecule has 0 radical (unpaired) electrons. The van der Waals surface area contributed by atoms with Gasteiger partial charge in [-0.05, 0) is 25.1 Å². The molecule has 5 heterocycles. The SMILES string of the molecule is CC(=O)c1c[nH]c2ncnc(N3CC(=O)C[C@H]3c3nn4ccc(Cl)c4c(=O)n3-c3ccccc3)c12. The second-order valence-electron chi connectivity index (χ2n) is 8.36. The van der Waals surface area contributed by atoms with E-state index >= 15 is 0 Å². The second kappa shape index (κ2) is 7.88. The van der Waals surface area contributed by atoms with E-state index in [2.05, 4.69) is 15.0 Å². The van der Waals surface area contributed by atoms with Gasteiger partial charge in [-0.2, -0.15) is 5.10 Å². The molecule has 1 aromatic carbocycles. The van der Waals surface area contributed by atoms with Crippen molar-refractivity contribution in [3.63, 3.8) is 0 Å². The van der Waals surface area contributed by atoms with Crippen LogP contribution in [0.5, 0.6) is 0 Å². The van der Waals surface area contributed by atoms with E-state index in [9.17, 15) is 14.4 Å². The molecule has 1 saturated heterocycles. The fraction of sp³-hybridized carbons (Fsp3) is 0.167. The van der Waals surface area contributed by atoms with Gasteiger partial charge < -0.3 is 9.88 Å². The molecule has 1 fully saturated rings. The largest absolute Gasteiger partial charge is 0.345 e. The highest BCUT2D eigenvalue weighted by Crippen LogP contribution is 2.37. The summed E-state index contributed by atoms with van der Waals surface area (Å²) in [6.07, 6.45) is 4.70. The Morgan fingerprint density at radius 3 is 2.71 bits per heavy atom. The van der Waals surface area contributed by atoms with Crippen LogP contribution in [-0.2, 0) is 4.79 Å². The molecule has 0 spiro atoms. The number of halogens is 1. The van der Waals surface area contributed by atoms with Crippen LogP contribution < -0.4 is 10.5 Å². The van der Waals surface area contributed by atoms with E-state index in [-0.39, 0.29) is 40.6 Å². The van der Waals surface area contributed by atoms with Gasteiger partial charge in [0.05, 0.1) is 28.7 Å². The standard InChI is InChI=1S/C24H18ClN7O3/c1-13(33)16-10-26-21-19(16)23(28-12-27-21)30-11-15(34)9-18(30)22-29-31-8-7-17(25)20(31)24(35)32(22)14-5-3-2-4-6-14/h2-8,10,12,18H,9,11H2,1H3,(H,26,27,28)/t18-/m0/s1. The maximum absolute atomic E-state index is 13.7. The third kappa shape index (κ3) is 3.25. The summed E-state index contributed by atoms with van der Waals surface area (Å²) in [5, 5.41) is 5.55. The molecule has 0 saturated carbocycles. The monoisotopic (exact) mass is 487 g/mol. The van der Waals surface area contributed by atoms with Crippen molar-refractivity contribution in [2.75, 3.05) is 11.4 Å². The lowest BCUT2D eigenvalue weighted by Crippen LogP contribution is -2.33. The van der Waals surface area contributed by atoms with Crippen LogP contribution >= 0.6 is 11.6 Å². The second-order valence-corrected chi connectivity index (χ2v) is 8.76. The first kappa shape index (κ1) is 21.2. The zero-order chi connectivity index (χ0) is 24.3. The predicted molar refractivity (Wildman–Crippen MR) is 129 cm³/mol. The van der Waals surface area contributed by atoms with Crippen LogP contribution in [0.3, 0.4) is 0 Å². The fourth-order valence-electron chi connectivity index (χ4n) is 4.68. The van der Waals surface area contributed by atoms with Crippen LogP contribution in [0, 0.1) is 0 Å². The van der Waals surface area contributed by atoms with Crippen LogP contribution in [0.15, 0.2) is 59.9 Å². The highest BCUT2D eigenvalue weighted by Gasteiger charge is 2.38. The number of carbonyl (C=O) groups excluding carboxylic acids is 2. The smallest absolute Gasteiger partial charge is 0.284 e. The molecular formula is C24H18ClN7O3. The zero-order valence-corrected chi connectivity index (χ0v) is 19.2.